The number of rotatable bonds is 8. The van der Waals surface area contributed by atoms with Gasteiger partial charge in [-0.25, -0.2) is 4.79 Å². The molecule has 0 heterocycles. The molecule has 0 aromatic heterocycles. The number of carboxylic acid groups (broad SMARTS) is 1. The Morgan fingerprint density at radius 2 is 2.00 bits per heavy atom. The predicted octanol–water partition coefficient (Wildman–Crippen LogP) is -0.371. The van der Waals surface area contributed by atoms with Gasteiger partial charge in [0.05, 0.1) is 12.7 Å². The van der Waals surface area contributed by atoms with Crippen molar-refractivity contribution in [2.24, 2.45) is 0 Å². The van der Waals surface area contributed by atoms with Gasteiger partial charge in [-0.1, -0.05) is 0 Å². The second kappa shape index (κ2) is 8.19. The number of ether oxygens (including phenoxy) is 2. The number of amides is 1. The van der Waals surface area contributed by atoms with Crippen LogP contribution in [-0.4, -0.2) is 49.5 Å². The van der Waals surface area contributed by atoms with E-state index in [9.17, 15) is 9.59 Å². The molecule has 0 aromatic carbocycles. The molecule has 1 amide bonds. The number of hydrogen-bond donors (Lipinski definition) is 2. The molecular weight excluding hydrogens is 202 g/mol. The summed E-state index contributed by atoms with van der Waals surface area (Å²) in [6.45, 7) is 3.93. The SMILES string of the molecule is CC(C)OCCNC(=O)COCC(=O)O. The molecule has 88 valence electrons. The third-order valence-corrected chi connectivity index (χ3v) is 1.33. The summed E-state index contributed by atoms with van der Waals surface area (Å²) in [5.74, 6) is -1.44. The van der Waals surface area contributed by atoms with E-state index in [-0.39, 0.29) is 18.6 Å². The van der Waals surface area contributed by atoms with Gasteiger partial charge in [0.2, 0.25) is 5.91 Å². The average molecular weight is 219 g/mol. The maximum atomic E-state index is 11.0. The minimum atomic E-state index is -1.09. The van der Waals surface area contributed by atoms with Gasteiger partial charge in [-0.15, -0.1) is 0 Å². The van der Waals surface area contributed by atoms with Crippen LogP contribution in [0.4, 0.5) is 0 Å². The molecule has 0 saturated heterocycles. The smallest absolute Gasteiger partial charge is 0.329 e. The first-order chi connectivity index (χ1) is 7.02. The molecule has 0 fully saturated rings. The Morgan fingerprint density at radius 3 is 2.53 bits per heavy atom. The Labute approximate surface area is 88.6 Å². The molecular formula is C9H17NO5. The number of nitrogens with one attached hydrogen (secondary N) is 1. The Morgan fingerprint density at radius 1 is 1.33 bits per heavy atom. The van der Waals surface area contributed by atoms with E-state index in [1.54, 1.807) is 0 Å². The van der Waals surface area contributed by atoms with E-state index in [1.165, 1.54) is 0 Å². The van der Waals surface area contributed by atoms with Crippen LogP contribution in [0.5, 0.6) is 0 Å². The first kappa shape index (κ1) is 13.9. The average Bonchev–Trinajstić information content (AvgIpc) is 2.11. The zero-order valence-electron chi connectivity index (χ0n) is 8.99. The van der Waals surface area contributed by atoms with Crippen LogP contribution in [0.15, 0.2) is 0 Å². The van der Waals surface area contributed by atoms with Crippen molar-refractivity contribution in [1.29, 1.82) is 0 Å². The standard InChI is InChI=1S/C9H17NO5/c1-7(2)15-4-3-10-8(11)5-14-6-9(12)13/h7H,3-6H2,1-2H3,(H,10,11)(H,12,13). The summed E-state index contributed by atoms with van der Waals surface area (Å²) in [5, 5.41) is 10.8. The highest BCUT2D eigenvalue weighted by Gasteiger charge is 2.03. The van der Waals surface area contributed by atoms with Crippen LogP contribution in [0.2, 0.25) is 0 Å². The van der Waals surface area contributed by atoms with Gasteiger partial charge in [0, 0.05) is 6.54 Å². The largest absolute Gasteiger partial charge is 0.480 e. The van der Waals surface area contributed by atoms with Crippen LogP contribution in [0, 0.1) is 0 Å². The van der Waals surface area contributed by atoms with Gasteiger partial charge < -0.3 is 19.9 Å². The van der Waals surface area contributed by atoms with Gasteiger partial charge in [0.25, 0.3) is 0 Å². The van der Waals surface area contributed by atoms with Crippen LogP contribution < -0.4 is 5.32 Å². The highest BCUT2D eigenvalue weighted by Crippen LogP contribution is 1.85. The summed E-state index contributed by atoms with van der Waals surface area (Å²) in [6, 6.07) is 0. The highest BCUT2D eigenvalue weighted by molar-refractivity contribution is 5.77. The molecule has 0 aliphatic heterocycles. The number of aliphatic carboxylic acids is 1. The first-order valence-corrected chi connectivity index (χ1v) is 4.70. The lowest BCUT2D eigenvalue weighted by atomic mass is 10.5. The van der Waals surface area contributed by atoms with Crippen LogP contribution in [-0.2, 0) is 19.1 Å². The minimum Gasteiger partial charge on any atom is -0.480 e. The van der Waals surface area contributed by atoms with E-state index in [4.69, 9.17) is 9.84 Å². The number of carbonyl (C=O) groups is 2. The molecule has 2 N–H and O–H groups in total. The van der Waals surface area contributed by atoms with Crippen LogP contribution in [0.25, 0.3) is 0 Å². The van der Waals surface area contributed by atoms with Crippen molar-refractivity contribution in [3.8, 4) is 0 Å². The molecule has 0 rings (SSSR count). The molecule has 0 aliphatic carbocycles. The first-order valence-electron chi connectivity index (χ1n) is 4.70. The lowest BCUT2D eigenvalue weighted by Gasteiger charge is -2.08. The van der Waals surface area contributed by atoms with Crippen molar-refractivity contribution in [2.75, 3.05) is 26.4 Å². The summed E-state index contributed by atoms with van der Waals surface area (Å²) < 4.78 is 9.77. The van der Waals surface area contributed by atoms with Crippen LogP contribution in [0.3, 0.4) is 0 Å². The Bertz CT molecular complexity index is 205. The Balaban J connectivity index is 3.30. The van der Waals surface area contributed by atoms with Crippen molar-refractivity contribution in [2.45, 2.75) is 20.0 Å². The quantitative estimate of drug-likeness (QED) is 0.544. The lowest BCUT2D eigenvalue weighted by molar-refractivity contribution is -0.143. The highest BCUT2D eigenvalue weighted by atomic mass is 16.5. The predicted molar refractivity (Wildman–Crippen MR) is 52.6 cm³/mol. The van der Waals surface area contributed by atoms with E-state index >= 15 is 0 Å². The van der Waals surface area contributed by atoms with Crippen molar-refractivity contribution in [3.63, 3.8) is 0 Å². The summed E-state index contributed by atoms with van der Waals surface area (Å²) in [4.78, 5) is 21.0. The Hall–Kier alpha value is -1.14. The van der Waals surface area contributed by atoms with Crippen molar-refractivity contribution >= 4 is 11.9 Å². The molecule has 0 atom stereocenters. The third kappa shape index (κ3) is 10.8. The van der Waals surface area contributed by atoms with Gasteiger partial charge in [-0.3, -0.25) is 4.79 Å². The lowest BCUT2D eigenvalue weighted by Crippen LogP contribution is -2.31. The van der Waals surface area contributed by atoms with Gasteiger partial charge in [-0.05, 0) is 13.8 Å². The molecule has 15 heavy (non-hydrogen) atoms. The topological polar surface area (TPSA) is 84.9 Å². The van der Waals surface area contributed by atoms with E-state index in [0.29, 0.717) is 13.2 Å². The normalized spacial score (nSPS) is 10.3. The van der Waals surface area contributed by atoms with E-state index in [1.807, 2.05) is 13.8 Å². The molecule has 0 aromatic rings. The summed E-state index contributed by atoms with van der Waals surface area (Å²) in [7, 11) is 0. The maximum absolute atomic E-state index is 11.0. The summed E-state index contributed by atoms with van der Waals surface area (Å²) in [6.07, 6.45) is 0.130. The fourth-order valence-corrected chi connectivity index (χ4v) is 0.767. The van der Waals surface area contributed by atoms with Gasteiger partial charge in [0.1, 0.15) is 13.2 Å². The zero-order valence-corrected chi connectivity index (χ0v) is 8.99. The number of carbonyl (C=O) groups excluding carboxylic acids is 1. The molecule has 0 bridgehead atoms. The van der Waals surface area contributed by atoms with Crippen LogP contribution >= 0.6 is 0 Å². The van der Waals surface area contributed by atoms with E-state index in [2.05, 4.69) is 10.1 Å². The van der Waals surface area contributed by atoms with Gasteiger partial charge in [0.15, 0.2) is 0 Å². The van der Waals surface area contributed by atoms with Crippen molar-refractivity contribution in [1.82, 2.24) is 5.32 Å². The second-order valence-corrected chi connectivity index (χ2v) is 3.16. The maximum Gasteiger partial charge on any atom is 0.329 e. The van der Waals surface area contributed by atoms with Crippen molar-refractivity contribution in [3.05, 3.63) is 0 Å². The molecule has 0 unspecified atom stereocenters. The minimum absolute atomic E-state index is 0.130. The van der Waals surface area contributed by atoms with Gasteiger partial charge >= 0.3 is 5.97 Å². The molecule has 0 radical (unpaired) electrons. The van der Waals surface area contributed by atoms with Gasteiger partial charge in [-0.2, -0.15) is 0 Å². The molecule has 0 spiro atoms. The van der Waals surface area contributed by atoms with Crippen molar-refractivity contribution < 1.29 is 24.2 Å². The zero-order chi connectivity index (χ0) is 11.7. The monoisotopic (exact) mass is 219 g/mol. The van der Waals surface area contributed by atoms with Crippen LogP contribution in [0.1, 0.15) is 13.8 Å². The molecule has 0 aliphatic rings. The van der Waals surface area contributed by atoms with E-state index in [0.717, 1.165) is 0 Å². The Kier molecular flexibility index (Phi) is 7.57. The summed E-state index contributed by atoms with van der Waals surface area (Å²) in [5.41, 5.74) is 0. The number of hydrogen-bond acceptors (Lipinski definition) is 4. The molecule has 0 saturated carbocycles. The third-order valence-electron chi connectivity index (χ3n) is 1.33. The van der Waals surface area contributed by atoms with E-state index < -0.39 is 12.6 Å². The molecule has 6 nitrogen and oxygen atoms in total. The fourth-order valence-electron chi connectivity index (χ4n) is 0.767. The number of carboxylic acids is 1. The summed E-state index contributed by atoms with van der Waals surface area (Å²) >= 11 is 0. The fraction of sp³-hybridized carbons (Fsp3) is 0.778. The second-order valence-electron chi connectivity index (χ2n) is 3.16. The molecule has 6 heteroatoms.